The number of carbonyl (C=O) groups excluding carboxylic acids is 2. The van der Waals surface area contributed by atoms with E-state index in [1.165, 1.54) is 10.6 Å². The molecule has 1 saturated heterocycles. The van der Waals surface area contributed by atoms with Gasteiger partial charge in [-0.25, -0.2) is 5.01 Å². The van der Waals surface area contributed by atoms with Crippen molar-refractivity contribution in [1.82, 2.24) is 14.8 Å². The smallest absolute Gasteiger partial charge is 0.270 e. The number of halogens is 1. The molecule has 2 aliphatic heterocycles. The minimum Gasteiger partial charge on any atom is -0.335 e. The lowest BCUT2D eigenvalue weighted by molar-refractivity contribution is -0.131. The Morgan fingerprint density at radius 2 is 1.96 bits per heavy atom. The lowest BCUT2D eigenvalue weighted by Crippen LogP contribution is -2.51. The molecule has 1 aromatic carbocycles. The van der Waals surface area contributed by atoms with E-state index in [0.29, 0.717) is 31.6 Å². The third-order valence-corrected chi connectivity index (χ3v) is 4.64. The zero-order chi connectivity index (χ0) is 17.1. The third kappa shape index (κ3) is 3.94. The minimum atomic E-state index is -0.0447. The van der Waals surface area contributed by atoms with Crippen LogP contribution in [0.2, 0.25) is 5.02 Å². The third-order valence-electron chi connectivity index (χ3n) is 4.41. The second kappa shape index (κ2) is 7.32. The Hall–Kier alpha value is -1.92. The quantitative estimate of drug-likeness (QED) is 0.833. The van der Waals surface area contributed by atoms with Gasteiger partial charge in [-0.1, -0.05) is 23.7 Å². The number of piperazine rings is 1. The Morgan fingerprint density at radius 1 is 1.21 bits per heavy atom. The van der Waals surface area contributed by atoms with E-state index in [2.05, 4.69) is 16.1 Å². The molecule has 0 spiro atoms. The lowest BCUT2D eigenvalue weighted by atomic mass is 10.1. The van der Waals surface area contributed by atoms with Gasteiger partial charge in [0.1, 0.15) is 5.71 Å². The molecule has 3 rings (SSSR count). The van der Waals surface area contributed by atoms with Crippen LogP contribution in [0.3, 0.4) is 0 Å². The molecule has 2 aliphatic rings. The van der Waals surface area contributed by atoms with E-state index in [-0.39, 0.29) is 11.8 Å². The fourth-order valence-electron chi connectivity index (χ4n) is 3.01. The second-order valence-electron chi connectivity index (χ2n) is 6.16. The Balaban J connectivity index is 1.54. The Kier molecular flexibility index (Phi) is 5.16. The van der Waals surface area contributed by atoms with Gasteiger partial charge in [-0.2, -0.15) is 5.10 Å². The van der Waals surface area contributed by atoms with Crippen LogP contribution in [-0.4, -0.2) is 65.6 Å². The number of rotatable bonds is 3. The molecule has 0 saturated carbocycles. The Morgan fingerprint density at radius 3 is 2.62 bits per heavy atom. The van der Waals surface area contributed by atoms with Gasteiger partial charge in [-0.05, 0) is 17.7 Å². The van der Waals surface area contributed by atoms with Crippen LogP contribution in [0.25, 0.3) is 0 Å². The van der Waals surface area contributed by atoms with Crippen LogP contribution in [0.4, 0.5) is 0 Å². The Bertz CT molecular complexity index is 668. The summed E-state index contributed by atoms with van der Waals surface area (Å²) in [5.74, 6) is -0.0883. The summed E-state index contributed by atoms with van der Waals surface area (Å²) in [7, 11) is 1.59. The molecule has 24 heavy (non-hydrogen) atoms. The van der Waals surface area contributed by atoms with Gasteiger partial charge in [0.05, 0.1) is 0 Å². The summed E-state index contributed by atoms with van der Waals surface area (Å²) in [4.78, 5) is 28.1. The van der Waals surface area contributed by atoms with Crippen molar-refractivity contribution in [3.63, 3.8) is 0 Å². The molecule has 0 aromatic heterocycles. The predicted molar refractivity (Wildman–Crippen MR) is 92.7 cm³/mol. The number of amides is 2. The average Bonchev–Trinajstić information content (AvgIpc) is 2.57. The highest BCUT2D eigenvalue weighted by atomic mass is 35.5. The predicted octanol–water partition coefficient (Wildman–Crippen LogP) is 1.59. The summed E-state index contributed by atoms with van der Waals surface area (Å²) in [6.07, 6.45) is 0.792. The Labute approximate surface area is 146 Å². The van der Waals surface area contributed by atoms with Gasteiger partial charge >= 0.3 is 0 Å². The van der Waals surface area contributed by atoms with Gasteiger partial charge < -0.3 is 4.90 Å². The lowest BCUT2D eigenvalue weighted by Gasteiger charge is -2.35. The summed E-state index contributed by atoms with van der Waals surface area (Å²) >= 11 is 6.02. The first kappa shape index (κ1) is 16.9. The molecule has 1 aromatic rings. The van der Waals surface area contributed by atoms with E-state index in [0.717, 1.165) is 24.7 Å². The summed E-state index contributed by atoms with van der Waals surface area (Å²) in [6, 6.07) is 7.86. The van der Waals surface area contributed by atoms with Crippen molar-refractivity contribution in [2.24, 2.45) is 5.10 Å². The van der Waals surface area contributed by atoms with E-state index < -0.39 is 0 Å². The standard InChI is InChI=1S/C17H21ClN4O2/c1-20-16(23)6-5-15(19-20)17(24)22-9-7-21(8-10-22)12-13-3-2-4-14(18)11-13/h2-4,11H,5-10,12H2,1H3. The molecule has 0 bridgehead atoms. The van der Waals surface area contributed by atoms with Crippen LogP contribution in [0.1, 0.15) is 18.4 Å². The zero-order valence-electron chi connectivity index (χ0n) is 13.7. The monoisotopic (exact) mass is 348 g/mol. The van der Waals surface area contributed by atoms with Crippen molar-refractivity contribution in [1.29, 1.82) is 0 Å². The molecule has 7 heteroatoms. The maximum atomic E-state index is 12.5. The first-order chi connectivity index (χ1) is 11.5. The van der Waals surface area contributed by atoms with Gasteiger partial charge in [0.2, 0.25) is 5.91 Å². The van der Waals surface area contributed by atoms with Crippen molar-refractivity contribution in [2.75, 3.05) is 33.2 Å². The summed E-state index contributed by atoms with van der Waals surface area (Å²) < 4.78 is 0. The second-order valence-corrected chi connectivity index (χ2v) is 6.60. The highest BCUT2D eigenvalue weighted by Crippen LogP contribution is 2.15. The van der Waals surface area contributed by atoms with Crippen LogP contribution >= 0.6 is 11.6 Å². The number of nitrogens with zero attached hydrogens (tertiary/aromatic N) is 4. The van der Waals surface area contributed by atoms with Gasteiger partial charge in [0, 0.05) is 57.6 Å². The van der Waals surface area contributed by atoms with Crippen molar-refractivity contribution in [2.45, 2.75) is 19.4 Å². The van der Waals surface area contributed by atoms with Crippen molar-refractivity contribution >= 4 is 29.1 Å². The highest BCUT2D eigenvalue weighted by Gasteiger charge is 2.28. The zero-order valence-corrected chi connectivity index (χ0v) is 14.5. The average molecular weight is 349 g/mol. The molecule has 128 valence electrons. The molecule has 0 unspecified atom stereocenters. The number of carbonyl (C=O) groups is 2. The molecule has 2 amide bonds. The van der Waals surface area contributed by atoms with E-state index >= 15 is 0 Å². The molecular formula is C17H21ClN4O2. The fraction of sp³-hybridized carbons (Fsp3) is 0.471. The van der Waals surface area contributed by atoms with Crippen LogP contribution in [-0.2, 0) is 16.1 Å². The van der Waals surface area contributed by atoms with E-state index in [1.54, 1.807) is 7.05 Å². The number of hydrogen-bond donors (Lipinski definition) is 0. The molecule has 1 fully saturated rings. The SMILES string of the molecule is CN1N=C(C(=O)N2CCN(Cc3cccc(Cl)c3)CC2)CCC1=O. The molecule has 6 nitrogen and oxygen atoms in total. The summed E-state index contributed by atoms with van der Waals surface area (Å²) in [6.45, 7) is 3.83. The van der Waals surface area contributed by atoms with Gasteiger partial charge in [0.25, 0.3) is 5.91 Å². The topological polar surface area (TPSA) is 56.2 Å². The van der Waals surface area contributed by atoms with Crippen LogP contribution in [0, 0.1) is 0 Å². The van der Waals surface area contributed by atoms with E-state index in [4.69, 9.17) is 11.6 Å². The highest BCUT2D eigenvalue weighted by molar-refractivity contribution is 6.39. The minimum absolute atomic E-state index is 0.0436. The largest absolute Gasteiger partial charge is 0.335 e. The summed E-state index contributed by atoms with van der Waals surface area (Å²) in [5, 5.41) is 6.13. The number of hydrogen-bond acceptors (Lipinski definition) is 4. The number of hydrazone groups is 1. The molecule has 0 aliphatic carbocycles. The maximum Gasteiger partial charge on any atom is 0.270 e. The van der Waals surface area contributed by atoms with E-state index in [9.17, 15) is 9.59 Å². The van der Waals surface area contributed by atoms with Gasteiger partial charge in [-0.3, -0.25) is 14.5 Å². The molecule has 0 N–H and O–H groups in total. The fourth-order valence-corrected chi connectivity index (χ4v) is 3.22. The van der Waals surface area contributed by atoms with Crippen LogP contribution in [0.15, 0.2) is 29.4 Å². The molecule has 2 heterocycles. The van der Waals surface area contributed by atoms with Crippen LogP contribution < -0.4 is 0 Å². The van der Waals surface area contributed by atoms with Crippen LogP contribution in [0.5, 0.6) is 0 Å². The van der Waals surface area contributed by atoms with Gasteiger partial charge in [-0.15, -0.1) is 0 Å². The van der Waals surface area contributed by atoms with Gasteiger partial charge in [0.15, 0.2) is 0 Å². The molecule has 0 radical (unpaired) electrons. The van der Waals surface area contributed by atoms with Crippen molar-refractivity contribution in [3.8, 4) is 0 Å². The normalized spacial score (nSPS) is 19.4. The first-order valence-electron chi connectivity index (χ1n) is 8.13. The van der Waals surface area contributed by atoms with Crippen molar-refractivity contribution < 1.29 is 9.59 Å². The van der Waals surface area contributed by atoms with E-state index in [1.807, 2.05) is 23.1 Å². The number of benzene rings is 1. The molecule has 0 atom stereocenters. The maximum absolute atomic E-state index is 12.5. The summed E-state index contributed by atoms with van der Waals surface area (Å²) in [5.41, 5.74) is 1.67. The van der Waals surface area contributed by atoms with Crippen molar-refractivity contribution in [3.05, 3.63) is 34.9 Å². The molecular weight excluding hydrogens is 328 g/mol. The first-order valence-corrected chi connectivity index (χ1v) is 8.51.